The van der Waals surface area contributed by atoms with E-state index in [9.17, 15) is 5.11 Å². The second-order valence-corrected chi connectivity index (χ2v) is 4.98. The summed E-state index contributed by atoms with van der Waals surface area (Å²) in [5.74, 6) is 0.324. The van der Waals surface area contributed by atoms with Crippen molar-refractivity contribution in [2.24, 2.45) is 0 Å². The largest absolute Gasteiger partial charge is 0.508 e. The highest BCUT2D eigenvalue weighted by Crippen LogP contribution is 2.23. The van der Waals surface area contributed by atoms with Crippen LogP contribution < -0.4 is 5.32 Å². The number of rotatable bonds is 5. The van der Waals surface area contributed by atoms with Gasteiger partial charge in [0.1, 0.15) is 5.75 Å². The van der Waals surface area contributed by atoms with Gasteiger partial charge in [-0.05, 0) is 42.1 Å². The Labute approximate surface area is 106 Å². The highest BCUT2D eigenvalue weighted by atomic mass is 32.1. The molecule has 2 N–H and O–H groups in total. The van der Waals surface area contributed by atoms with Gasteiger partial charge in [-0.3, -0.25) is 0 Å². The fourth-order valence-corrected chi connectivity index (χ4v) is 2.68. The Morgan fingerprint density at radius 2 is 2.00 bits per heavy atom. The molecule has 0 aliphatic carbocycles. The lowest BCUT2D eigenvalue weighted by Crippen LogP contribution is -2.21. The molecule has 1 aromatic heterocycles. The molecule has 0 saturated carbocycles. The van der Waals surface area contributed by atoms with E-state index >= 15 is 0 Å². The molecule has 0 fully saturated rings. The van der Waals surface area contributed by atoms with Gasteiger partial charge in [0.25, 0.3) is 0 Å². The number of benzene rings is 1. The number of phenolic OH excluding ortho intramolecular Hbond substituents is 1. The first-order valence-electron chi connectivity index (χ1n) is 5.84. The average Bonchev–Trinajstić information content (AvgIpc) is 2.85. The van der Waals surface area contributed by atoms with Gasteiger partial charge in [-0.2, -0.15) is 0 Å². The van der Waals surface area contributed by atoms with E-state index in [1.54, 1.807) is 23.5 Å². The van der Waals surface area contributed by atoms with Crippen LogP contribution in [0.2, 0.25) is 0 Å². The van der Waals surface area contributed by atoms with Crippen molar-refractivity contribution in [1.29, 1.82) is 0 Å². The standard InChI is InChI=1S/C14H17NOS/c1-2-15-13(14-4-3-9-17-14)10-11-5-7-12(16)8-6-11/h3-9,13,15-16H,2,10H2,1H3. The Balaban J connectivity index is 2.10. The zero-order valence-corrected chi connectivity index (χ0v) is 10.7. The molecule has 1 heterocycles. The Kier molecular flexibility index (Phi) is 4.18. The number of thiophene rings is 1. The van der Waals surface area contributed by atoms with Crippen LogP contribution in [0.15, 0.2) is 41.8 Å². The monoisotopic (exact) mass is 247 g/mol. The van der Waals surface area contributed by atoms with Gasteiger partial charge in [-0.15, -0.1) is 11.3 Å². The highest BCUT2D eigenvalue weighted by Gasteiger charge is 2.11. The molecule has 0 aliphatic rings. The molecule has 0 amide bonds. The van der Waals surface area contributed by atoms with Gasteiger partial charge in [0.05, 0.1) is 0 Å². The minimum atomic E-state index is 0.324. The van der Waals surface area contributed by atoms with Crippen molar-refractivity contribution < 1.29 is 5.11 Å². The van der Waals surface area contributed by atoms with Crippen LogP contribution in [0.25, 0.3) is 0 Å². The molecule has 90 valence electrons. The van der Waals surface area contributed by atoms with Crippen LogP contribution in [0, 0.1) is 0 Å². The van der Waals surface area contributed by atoms with E-state index in [4.69, 9.17) is 0 Å². The highest BCUT2D eigenvalue weighted by molar-refractivity contribution is 7.10. The van der Waals surface area contributed by atoms with Gasteiger partial charge in [-0.25, -0.2) is 0 Å². The van der Waals surface area contributed by atoms with Gasteiger partial charge in [-0.1, -0.05) is 25.1 Å². The number of aromatic hydroxyl groups is 1. The lowest BCUT2D eigenvalue weighted by Gasteiger charge is -2.16. The van der Waals surface area contributed by atoms with Crippen molar-refractivity contribution >= 4 is 11.3 Å². The summed E-state index contributed by atoms with van der Waals surface area (Å²) in [5.41, 5.74) is 1.24. The van der Waals surface area contributed by atoms with E-state index in [1.807, 2.05) is 12.1 Å². The second-order valence-electron chi connectivity index (χ2n) is 4.00. The van der Waals surface area contributed by atoms with Crippen LogP contribution in [0.3, 0.4) is 0 Å². The average molecular weight is 247 g/mol. The fourth-order valence-electron chi connectivity index (χ4n) is 1.88. The predicted molar refractivity (Wildman–Crippen MR) is 72.5 cm³/mol. The molecule has 0 saturated heterocycles. The molecule has 0 spiro atoms. The van der Waals surface area contributed by atoms with Crippen molar-refractivity contribution in [1.82, 2.24) is 5.32 Å². The van der Waals surface area contributed by atoms with Gasteiger partial charge >= 0.3 is 0 Å². The Morgan fingerprint density at radius 1 is 1.24 bits per heavy atom. The maximum absolute atomic E-state index is 9.26. The third-order valence-electron chi connectivity index (χ3n) is 2.71. The smallest absolute Gasteiger partial charge is 0.115 e. The minimum Gasteiger partial charge on any atom is -0.508 e. The zero-order valence-electron chi connectivity index (χ0n) is 9.89. The zero-order chi connectivity index (χ0) is 12.1. The number of hydrogen-bond donors (Lipinski definition) is 2. The normalized spacial score (nSPS) is 12.5. The molecule has 2 rings (SSSR count). The Bertz CT molecular complexity index is 436. The molecule has 17 heavy (non-hydrogen) atoms. The molecule has 1 atom stereocenters. The van der Waals surface area contributed by atoms with Crippen molar-refractivity contribution in [2.75, 3.05) is 6.54 Å². The van der Waals surface area contributed by atoms with E-state index in [0.29, 0.717) is 11.8 Å². The lowest BCUT2D eigenvalue weighted by atomic mass is 10.0. The van der Waals surface area contributed by atoms with Crippen molar-refractivity contribution in [3.05, 3.63) is 52.2 Å². The lowest BCUT2D eigenvalue weighted by molar-refractivity contribution is 0.474. The summed E-state index contributed by atoms with van der Waals surface area (Å²) in [6, 6.07) is 12.1. The van der Waals surface area contributed by atoms with E-state index in [0.717, 1.165) is 13.0 Å². The summed E-state index contributed by atoms with van der Waals surface area (Å²) in [6.07, 6.45) is 0.953. The first kappa shape index (κ1) is 12.1. The van der Waals surface area contributed by atoms with Crippen LogP contribution >= 0.6 is 11.3 Å². The van der Waals surface area contributed by atoms with E-state index in [-0.39, 0.29) is 0 Å². The molecular weight excluding hydrogens is 230 g/mol. The summed E-state index contributed by atoms with van der Waals surface area (Å²) in [4.78, 5) is 1.36. The van der Waals surface area contributed by atoms with Gasteiger partial charge in [0.15, 0.2) is 0 Å². The molecule has 1 unspecified atom stereocenters. The Morgan fingerprint density at radius 3 is 2.59 bits per heavy atom. The fraction of sp³-hybridized carbons (Fsp3) is 0.286. The number of phenols is 1. The molecule has 0 radical (unpaired) electrons. The van der Waals surface area contributed by atoms with Crippen molar-refractivity contribution in [3.8, 4) is 5.75 Å². The third kappa shape index (κ3) is 3.32. The van der Waals surface area contributed by atoms with E-state index in [1.165, 1.54) is 10.4 Å². The van der Waals surface area contributed by atoms with Crippen molar-refractivity contribution in [3.63, 3.8) is 0 Å². The first-order valence-corrected chi connectivity index (χ1v) is 6.72. The summed E-state index contributed by atoms with van der Waals surface area (Å²) in [6.45, 7) is 3.08. The van der Waals surface area contributed by atoms with Gasteiger partial charge in [0, 0.05) is 10.9 Å². The first-order chi connectivity index (χ1) is 8.29. The van der Waals surface area contributed by atoms with E-state index in [2.05, 4.69) is 29.8 Å². The maximum atomic E-state index is 9.26. The summed E-state index contributed by atoms with van der Waals surface area (Å²) >= 11 is 1.78. The molecule has 2 aromatic rings. The summed E-state index contributed by atoms with van der Waals surface area (Å²) in [5, 5.41) is 14.9. The van der Waals surface area contributed by atoms with Crippen molar-refractivity contribution in [2.45, 2.75) is 19.4 Å². The van der Waals surface area contributed by atoms with Crippen LogP contribution in [0.1, 0.15) is 23.4 Å². The van der Waals surface area contributed by atoms with E-state index < -0.39 is 0 Å². The second kappa shape index (κ2) is 5.84. The maximum Gasteiger partial charge on any atom is 0.115 e. The van der Waals surface area contributed by atoms with Crippen LogP contribution in [-0.4, -0.2) is 11.7 Å². The number of nitrogens with one attached hydrogen (secondary N) is 1. The Hall–Kier alpha value is -1.32. The summed E-state index contributed by atoms with van der Waals surface area (Å²) < 4.78 is 0. The quantitative estimate of drug-likeness (QED) is 0.849. The molecular formula is C14H17NOS. The summed E-state index contributed by atoms with van der Waals surface area (Å²) in [7, 11) is 0. The van der Waals surface area contributed by atoms with Crippen LogP contribution in [-0.2, 0) is 6.42 Å². The van der Waals surface area contributed by atoms with Crippen LogP contribution in [0.4, 0.5) is 0 Å². The van der Waals surface area contributed by atoms with Gasteiger partial charge in [0.2, 0.25) is 0 Å². The number of likely N-dealkylation sites (N-methyl/N-ethyl adjacent to an activating group) is 1. The third-order valence-corrected chi connectivity index (χ3v) is 3.70. The topological polar surface area (TPSA) is 32.3 Å². The molecule has 2 nitrogen and oxygen atoms in total. The molecule has 0 bridgehead atoms. The minimum absolute atomic E-state index is 0.324. The molecule has 0 aliphatic heterocycles. The number of hydrogen-bond acceptors (Lipinski definition) is 3. The molecule has 1 aromatic carbocycles. The van der Waals surface area contributed by atoms with Gasteiger partial charge < -0.3 is 10.4 Å². The predicted octanol–water partition coefficient (Wildman–Crippen LogP) is 3.35. The molecule has 3 heteroatoms. The SMILES string of the molecule is CCNC(Cc1ccc(O)cc1)c1cccs1. The van der Waals surface area contributed by atoms with Crippen LogP contribution in [0.5, 0.6) is 5.75 Å².